The van der Waals surface area contributed by atoms with Crippen molar-refractivity contribution in [2.45, 2.75) is 13.5 Å². The average Bonchev–Trinajstić information content (AvgIpc) is 2.81. The van der Waals surface area contributed by atoms with Crippen LogP contribution in [-0.2, 0) is 6.54 Å². The number of aromatic nitrogens is 2. The number of carbonyl (C=O) groups excluding carboxylic acids is 1. The van der Waals surface area contributed by atoms with E-state index in [4.69, 9.17) is 5.84 Å². The minimum Gasteiger partial charge on any atom is -0.289 e. The summed E-state index contributed by atoms with van der Waals surface area (Å²) in [6.07, 6.45) is 0. The van der Waals surface area contributed by atoms with E-state index in [0.29, 0.717) is 4.88 Å². The Labute approximate surface area is 107 Å². The van der Waals surface area contributed by atoms with Gasteiger partial charge in [0.05, 0.1) is 17.1 Å². The van der Waals surface area contributed by atoms with E-state index in [1.54, 1.807) is 24.4 Å². The molecule has 1 amide bonds. The Morgan fingerprint density at radius 3 is 3.00 bits per heavy atom. The van der Waals surface area contributed by atoms with Crippen molar-refractivity contribution in [3.8, 4) is 0 Å². The highest BCUT2D eigenvalue weighted by Crippen LogP contribution is 2.16. The zero-order valence-corrected chi connectivity index (χ0v) is 10.5. The van der Waals surface area contributed by atoms with Gasteiger partial charge in [0.15, 0.2) is 0 Å². The number of thiophene rings is 1. The highest BCUT2D eigenvalue weighted by atomic mass is 32.1. The van der Waals surface area contributed by atoms with E-state index in [1.165, 1.54) is 22.1 Å². The number of carbonyl (C=O) groups is 1. The molecule has 2 aromatic rings. The zero-order chi connectivity index (χ0) is 13.1. The van der Waals surface area contributed by atoms with Crippen molar-refractivity contribution in [1.29, 1.82) is 0 Å². The fourth-order valence-corrected chi connectivity index (χ4v) is 2.37. The minimum atomic E-state index is -0.360. The number of amides is 1. The van der Waals surface area contributed by atoms with E-state index < -0.39 is 0 Å². The quantitative estimate of drug-likeness (QED) is 0.473. The molecule has 0 aromatic carbocycles. The Morgan fingerprint density at radius 1 is 1.50 bits per heavy atom. The molecule has 0 bridgehead atoms. The predicted octanol–water partition coefficient (Wildman–Crippen LogP) is 0.265. The Balaban J connectivity index is 2.35. The summed E-state index contributed by atoms with van der Waals surface area (Å²) < 4.78 is 1.32. The topological polar surface area (TPSA) is 90.0 Å². The Morgan fingerprint density at radius 2 is 2.28 bits per heavy atom. The molecule has 2 aromatic heterocycles. The van der Waals surface area contributed by atoms with Gasteiger partial charge in [0.2, 0.25) is 0 Å². The van der Waals surface area contributed by atoms with E-state index in [9.17, 15) is 9.59 Å². The third-order valence-corrected chi connectivity index (χ3v) is 3.36. The maximum Gasteiger partial charge on any atom is 0.275 e. The fraction of sp³-hybridized carbons (Fsp3) is 0.182. The highest BCUT2D eigenvalue weighted by Gasteiger charge is 2.13. The fourth-order valence-electron chi connectivity index (χ4n) is 1.55. The van der Waals surface area contributed by atoms with Crippen LogP contribution < -0.4 is 16.8 Å². The number of hydrogen-bond acceptors (Lipinski definition) is 5. The van der Waals surface area contributed by atoms with Crippen LogP contribution in [0.1, 0.15) is 20.9 Å². The lowest BCUT2D eigenvalue weighted by molar-refractivity contribution is 0.0956. The Kier molecular flexibility index (Phi) is 3.54. The van der Waals surface area contributed by atoms with Gasteiger partial charge in [0, 0.05) is 6.07 Å². The molecular formula is C11H12N4O2S. The summed E-state index contributed by atoms with van der Waals surface area (Å²) >= 11 is 1.28. The van der Waals surface area contributed by atoms with Crippen LogP contribution in [-0.4, -0.2) is 15.7 Å². The van der Waals surface area contributed by atoms with Crippen LogP contribution in [0, 0.1) is 6.92 Å². The van der Waals surface area contributed by atoms with Gasteiger partial charge in [-0.3, -0.25) is 15.0 Å². The lowest BCUT2D eigenvalue weighted by Gasteiger charge is -2.05. The van der Waals surface area contributed by atoms with Gasteiger partial charge in [-0.1, -0.05) is 0 Å². The molecule has 0 spiro atoms. The minimum absolute atomic E-state index is 0.203. The van der Waals surface area contributed by atoms with Crippen LogP contribution in [0.4, 0.5) is 0 Å². The molecule has 2 heterocycles. The van der Waals surface area contributed by atoms with E-state index in [1.807, 2.05) is 0 Å². The first-order valence-electron chi connectivity index (χ1n) is 5.24. The molecule has 7 heteroatoms. The summed E-state index contributed by atoms with van der Waals surface area (Å²) in [5, 5.41) is 5.90. The molecular weight excluding hydrogens is 252 g/mol. The zero-order valence-electron chi connectivity index (χ0n) is 9.71. The van der Waals surface area contributed by atoms with Gasteiger partial charge in [-0.2, -0.15) is 5.10 Å². The second-order valence-electron chi connectivity index (χ2n) is 3.72. The second-order valence-corrected chi connectivity index (χ2v) is 4.64. The molecule has 0 atom stereocenters. The van der Waals surface area contributed by atoms with E-state index >= 15 is 0 Å². The van der Waals surface area contributed by atoms with Gasteiger partial charge in [0.25, 0.3) is 11.5 Å². The van der Waals surface area contributed by atoms with Gasteiger partial charge in [-0.25, -0.2) is 10.5 Å². The molecule has 0 saturated heterocycles. The molecule has 18 heavy (non-hydrogen) atoms. The Hall–Kier alpha value is -1.99. The van der Waals surface area contributed by atoms with Crippen molar-refractivity contribution >= 4 is 17.2 Å². The largest absolute Gasteiger partial charge is 0.289 e. The van der Waals surface area contributed by atoms with Crippen molar-refractivity contribution in [3.63, 3.8) is 0 Å². The van der Waals surface area contributed by atoms with Gasteiger partial charge >= 0.3 is 0 Å². The van der Waals surface area contributed by atoms with E-state index in [2.05, 4.69) is 10.5 Å². The molecule has 2 rings (SSSR count). The molecule has 0 unspecified atom stereocenters. The molecule has 0 aliphatic rings. The van der Waals surface area contributed by atoms with Gasteiger partial charge < -0.3 is 0 Å². The van der Waals surface area contributed by atoms with Crippen LogP contribution in [0.5, 0.6) is 0 Å². The standard InChI is InChI=1S/C11H12N4O2S/c1-7-2-3-9(16)15(14-7)6-8-4-5-18-10(8)11(17)13-12/h2-5H,6,12H2,1H3,(H,13,17). The molecule has 3 N–H and O–H groups in total. The summed E-state index contributed by atoms with van der Waals surface area (Å²) in [7, 11) is 0. The lowest BCUT2D eigenvalue weighted by Crippen LogP contribution is -2.30. The predicted molar refractivity (Wildman–Crippen MR) is 68.3 cm³/mol. The van der Waals surface area contributed by atoms with Crippen molar-refractivity contribution in [2.75, 3.05) is 0 Å². The van der Waals surface area contributed by atoms with Crippen LogP contribution in [0.15, 0.2) is 28.4 Å². The molecule has 0 aliphatic heterocycles. The van der Waals surface area contributed by atoms with Gasteiger partial charge in [0.1, 0.15) is 0 Å². The monoisotopic (exact) mass is 264 g/mol. The van der Waals surface area contributed by atoms with Crippen LogP contribution >= 0.6 is 11.3 Å². The van der Waals surface area contributed by atoms with E-state index in [-0.39, 0.29) is 18.0 Å². The van der Waals surface area contributed by atoms with Gasteiger partial charge in [-0.15, -0.1) is 11.3 Å². The van der Waals surface area contributed by atoms with Crippen LogP contribution in [0.3, 0.4) is 0 Å². The second kappa shape index (κ2) is 5.11. The first-order valence-corrected chi connectivity index (χ1v) is 6.12. The molecule has 0 aliphatic carbocycles. The van der Waals surface area contributed by atoms with Crippen molar-refractivity contribution < 1.29 is 4.79 Å². The first-order chi connectivity index (χ1) is 8.61. The summed E-state index contributed by atoms with van der Waals surface area (Å²) in [5.41, 5.74) is 3.35. The van der Waals surface area contributed by atoms with E-state index in [0.717, 1.165) is 11.3 Å². The summed E-state index contributed by atoms with van der Waals surface area (Å²) in [5.74, 6) is 4.74. The summed E-state index contributed by atoms with van der Waals surface area (Å²) in [4.78, 5) is 23.6. The number of aryl methyl sites for hydroxylation is 1. The number of hydrogen-bond donors (Lipinski definition) is 2. The lowest BCUT2D eigenvalue weighted by atomic mass is 10.2. The molecule has 0 radical (unpaired) electrons. The van der Waals surface area contributed by atoms with Crippen LogP contribution in [0.25, 0.3) is 0 Å². The number of rotatable bonds is 3. The number of nitrogens with two attached hydrogens (primary N) is 1. The number of nitrogen functional groups attached to an aromatic ring is 1. The third kappa shape index (κ3) is 2.47. The number of hydrazine groups is 1. The van der Waals surface area contributed by atoms with Gasteiger partial charge in [-0.05, 0) is 30.0 Å². The molecule has 0 fully saturated rings. The SMILES string of the molecule is Cc1ccc(=O)n(Cc2ccsc2C(=O)NN)n1. The molecule has 0 saturated carbocycles. The summed E-state index contributed by atoms with van der Waals surface area (Å²) in [6.45, 7) is 2.06. The average molecular weight is 264 g/mol. The smallest absolute Gasteiger partial charge is 0.275 e. The number of nitrogens with zero attached hydrogens (tertiary/aromatic N) is 2. The van der Waals surface area contributed by atoms with Crippen LogP contribution in [0.2, 0.25) is 0 Å². The van der Waals surface area contributed by atoms with Crippen molar-refractivity contribution in [3.05, 3.63) is 50.1 Å². The number of nitrogens with one attached hydrogen (secondary N) is 1. The first kappa shape index (κ1) is 12.5. The maximum atomic E-state index is 11.6. The molecule has 6 nitrogen and oxygen atoms in total. The Bertz CT molecular complexity index is 632. The third-order valence-electron chi connectivity index (χ3n) is 2.40. The summed E-state index contributed by atoms with van der Waals surface area (Å²) in [6, 6.07) is 4.89. The molecule has 94 valence electrons. The maximum absolute atomic E-state index is 11.6. The highest BCUT2D eigenvalue weighted by molar-refractivity contribution is 7.12. The van der Waals surface area contributed by atoms with Crippen molar-refractivity contribution in [2.24, 2.45) is 5.84 Å². The normalized spacial score (nSPS) is 10.3. The van der Waals surface area contributed by atoms with Crippen molar-refractivity contribution in [1.82, 2.24) is 15.2 Å².